The molecule has 1 aromatic carbocycles. The highest BCUT2D eigenvalue weighted by atomic mass is 32.2. The summed E-state index contributed by atoms with van der Waals surface area (Å²) in [7, 11) is -4.03. The lowest BCUT2D eigenvalue weighted by Crippen LogP contribution is -2.40. The molecule has 0 amide bonds. The maximum atomic E-state index is 12.9. The first-order chi connectivity index (χ1) is 13.8. The number of hydrogen-bond donors (Lipinski definition) is 1. The van der Waals surface area contributed by atoms with Crippen LogP contribution in [0.3, 0.4) is 0 Å². The molecule has 0 spiro atoms. The maximum absolute atomic E-state index is 12.9. The number of alkyl halides is 3. The van der Waals surface area contributed by atoms with Crippen molar-refractivity contribution in [2.45, 2.75) is 44.1 Å². The van der Waals surface area contributed by atoms with Gasteiger partial charge in [0.15, 0.2) is 0 Å². The number of imidazole rings is 1. The first-order valence-electron chi connectivity index (χ1n) is 8.67. The number of halogens is 3. The van der Waals surface area contributed by atoms with Crippen molar-refractivity contribution in [2.24, 2.45) is 0 Å². The van der Waals surface area contributed by atoms with E-state index in [4.69, 9.17) is 0 Å². The van der Waals surface area contributed by atoms with Crippen LogP contribution < -0.4 is 9.46 Å². The molecule has 2 heterocycles. The molecule has 0 fully saturated rings. The number of thiazole rings is 1. The molecule has 0 aliphatic carbocycles. The molecule has 2 aromatic heterocycles. The molecule has 0 saturated carbocycles. The molecule has 0 radical (unpaired) electrons. The van der Waals surface area contributed by atoms with Gasteiger partial charge in [0.2, 0.25) is 10.0 Å². The summed E-state index contributed by atoms with van der Waals surface area (Å²) < 4.78 is 72.1. The molecule has 0 saturated heterocycles. The van der Waals surface area contributed by atoms with Crippen molar-refractivity contribution in [3.05, 3.63) is 48.0 Å². The van der Waals surface area contributed by atoms with E-state index < -0.39 is 27.7 Å². The molecule has 0 aliphatic rings. The van der Waals surface area contributed by atoms with Gasteiger partial charge in [-0.25, -0.2) is 23.1 Å². The molecule has 30 heavy (non-hydrogen) atoms. The highest BCUT2D eigenvalue weighted by molar-refractivity contribution is 7.89. The number of rotatable bonds is 6. The third kappa shape index (κ3) is 5.80. The summed E-state index contributed by atoms with van der Waals surface area (Å²) in [5, 5.41) is 0.257. The fourth-order valence-corrected chi connectivity index (χ4v) is 5.26. The zero-order valence-corrected chi connectivity index (χ0v) is 17.9. The summed E-state index contributed by atoms with van der Waals surface area (Å²) in [6.07, 6.45) is 1.62. The van der Waals surface area contributed by atoms with E-state index in [0.29, 0.717) is 6.54 Å². The van der Waals surface area contributed by atoms with E-state index in [2.05, 4.69) is 19.4 Å². The number of hydrogen-bond acceptors (Lipinski definition) is 6. The van der Waals surface area contributed by atoms with Gasteiger partial charge in [-0.2, -0.15) is 0 Å². The largest absolute Gasteiger partial charge is 0.573 e. The number of nitrogens with one attached hydrogen (secondary N) is 1. The van der Waals surface area contributed by atoms with E-state index in [0.717, 1.165) is 23.1 Å². The van der Waals surface area contributed by atoms with Crippen LogP contribution in [0.15, 0.2) is 48.0 Å². The molecule has 0 atom stereocenters. The molecule has 0 bridgehead atoms. The van der Waals surface area contributed by atoms with Crippen molar-refractivity contribution in [3.8, 4) is 16.3 Å². The van der Waals surface area contributed by atoms with Crippen LogP contribution in [0.4, 0.5) is 13.2 Å². The SMILES string of the molecule is CC(C)(C)NS(=O)(=O)c1ccc(OC(F)(F)F)cc1-c1ncc(Cn2ccnc2)s1. The van der Waals surface area contributed by atoms with Crippen molar-refractivity contribution >= 4 is 21.4 Å². The van der Waals surface area contributed by atoms with Crippen LogP contribution in [-0.4, -0.2) is 34.9 Å². The zero-order valence-electron chi connectivity index (χ0n) is 16.3. The summed E-state index contributed by atoms with van der Waals surface area (Å²) in [5.41, 5.74) is -0.762. The van der Waals surface area contributed by atoms with Crippen molar-refractivity contribution < 1.29 is 26.3 Å². The molecule has 162 valence electrons. The monoisotopic (exact) mass is 460 g/mol. The molecular weight excluding hydrogens is 441 g/mol. The van der Waals surface area contributed by atoms with Gasteiger partial charge >= 0.3 is 6.36 Å². The topological polar surface area (TPSA) is 86.1 Å². The zero-order chi connectivity index (χ0) is 22.2. The van der Waals surface area contributed by atoms with Gasteiger partial charge in [-0.3, -0.25) is 0 Å². The van der Waals surface area contributed by atoms with Crippen LogP contribution in [0.1, 0.15) is 25.6 Å². The lowest BCUT2D eigenvalue weighted by Gasteiger charge is -2.21. The quantitative estimate of drug-likeness (QED) is 0.600. The minimum Gasteiger partial charge on any atom is -0.406 e. The van der Waals surface area contributed by atoms with Crippen LogP contribution in [0, 0.1) is 0 Å². The normalized spacial score (nSPS) is 12.9. The Kier molecular flexibility index (Phi) is 5.94. The Bertz CT molecular complexity index is 1120. The molecule has 3 rings (SSSR count). The molecule has 1 N–H and O–H groups in total. The number of sulfonamides is 1. The second kappa shape index (κ2) is 8.00. The van der Waals surface area contributed by atoms with Gasteiger partial charge in [-0.1, -0.05) is 0 Å². The number of aromatic nitrogens is 3. The first kappa shape index (κ1) is 22.2. The molecule has 0 aliphatic heterocycles. The summed E-state index contributed by atoms with van der Waals surface area (Å²) in [6, 6.07) is 3.08. The van der Waals surface area contributed by atoms with Gasteiger partial charge in [-0.05, 0) is 39.0 Å². The van der Waals surface area contributed by atoms with Crippen LogP contribution in [0.5, 0.6) is 5.75 Å². The molecule has 7 nitrogen and oxygen atoms in total. The second-order valence-electron chi connectivity index (χ2n) is 7.43. The minimum atomic E-state index is -4.91. The Morgan fingerprint density at radius 2 is 1.97 bits per heavy atom. The van der Waals surface area contributed by atoms with Crippen molar-refractivity contribution in [3.63, 3.8) is 0 Å². The average Bonchev–Trinajstić information content (AvgIpc) is 3.23. The van der Waals surface area contributed by atoms with E-state index in [1.54, 1.807) is 50.3 Å². The van der Waals surface area contributed by atoms with Crippen molar-refractivity contribution in [1.29, 1.82) is 0 Å². The molecular formula is C18H19F3N4O3S2. The third-order valence-corrected chi connectivity index (χ3v) is 6.43. The predicted octanol–water partition coefficient (Wildman–Crippen LogP) is 4.03. The maximum Gasteiger partial charge on any atom is 0.573 e. The standard InChI is InChI=1S/C18H19F3N4O3S2/c1-17(2,3)24-30(26,27)15-5-4-12(28-18(19,20)21)8-14(15)16-23-9-13(29-16)10-25-7-6-22-11-25/h4-9,11,24H,10H2,1-3H3. The van der Waals surface area contributed by atoms with Crippen LogP contribution in [0.2, 0.25) is 0 Å². The molecule has 0 unspecified atom stereocenters. The van der Waals surface area contributed by atoms with E-state index in [1.807, 2.05) is 0 Å². The smallest absolute Gasteiger partial charge is 0.406 e. The van der Waals surface area contributed by atoms with Gasteiger partial charge < -0.3 is 9.30 Å². The third-order valence-electron chi connectivity index (χ3n) is 3.60. The summed E-state index contributed by atoms with van der Waals surface area (Å²) >= 11 is 1.17. The van der Waals surface area contributed by atoms with Gasteiger partial charge in [0.05, 0.1) is 17.8 Å². The highest BCUT2D eigenvalue weighted by Gasteiger charge is 2.32. The first-order valence-corrected chi connectivity index (χ1v) is 11.0. The second-order valence-corrected chi connectivity index (χ2v) is 10.2. The Morgan fingerprint density at radius 1 is 1.23 bits per heavy atom. The lowest BCUT2D eigenvalue weighted by molar-refractivity contribution is -0.274. The summed E-state index contributed by atoms with van der Waals surface area (Å²) in [4.78, 5) is 8.77. The molecule has 12 heteroatoms. The highest BCUT2D eigenvalue weighted by Crippen LogP contribution is 2.36. The van der Waals surface area contributed by atoms with E-state index >= 15 is 0 Å². The van der Waals surface area contributed by atoms with E-state index in [9.17, 15) is 21.6 Å². The Balaban J connectivity index is 2.05. The number of nitrogens with zero attached hydrogens (tertiary/aromatic N) is 3. The fourth-order valence-electron chi connectivity index (χ4n) is 2.63. The minimum absolute atomic E-state index is 0.0235. The summed E-state index contributed by atoms with van der Waals surface area (Å²) in [6.45, 7) is 5.44. The Labute approximate surface area is 175 Å². The fraction of sp³-hybridized carbons (Fsp3) is 0.333. The van der Waals surface area contributed by atoms with Gasteiger partial charge in [0.1, 0.15) is 10.8 Å². The van der Waals surface area contributed by atoms with Crippen LogP contribution >= 0.6 is 11.3 Å². The van der Waals surface area contributed by atoms with Gasteiger partial charge in [0, 0.05) is 34.6 Å². The number of ether oxygens (including phenoxy) is 1. The molecule has 3 aromatic rings. The van der Waals surface area contributed by atoms with Crippen LogP contribution in [0.25, 0.3) is 10.6 Å². The van der Waals surface area contributed by atoms with Gasteiger partial charge in [-0.15, -0.1) is 24.5 Å². The lowest BCUT2D eigenvalue weighted by atomic mass is 10.1. The predicted molar refractivity (Wildman–Crippen MR) is 106 cm³/mol. The van der Waals surface area contributed by atoms with E-state index in [-0.39, 0.29) is 15.5 Å². The summed E-state index contributed by atoms with van der Waals surface area (Å²) in [5.74, 6) is -0.529. The van der Waals surface area contributed by atoms with Crippen LogP contribution in [-0.2, 0) is 16.6 Å². The van der Waals surface area contributed by atoms with Crippen molar-refractivity contribution in [1.82, 2.24) is 19.3 Å². The Hall–Kier alpha value is -2.44. The number of benzene rings is 1. The Morgan fingerprint density at radius 3 is 2.57 bits per heavy atom. The average molecular weight is 461 g/mol. The van der Waals surface area contributed by atoms with Gasteiger partial charge in [0.25, 0.3) is 0 Å². The van der Waals surface area contributed by atoms with E-state index in [1.165, 1.54) is 11.3 Å². The van der Waals surface area contributed by atoms with Crippen molar-refractivity contribution in [2.75, 3.05) is 0 Å².